The van der Waals surface area contributed by atoms with Crippen molar-refractivity contribution >= 4 is 35.3 Å². The highest BCUT2D eigenvalue weighted by atomic mass is 16.7. The van der Waals surface area contributed by atoms with Crippen molar-refractivity contribution in [3.63, 3.8) is 0 Å². The van der Waals surface area contributed by atoms with Crippen molar-refractivity contribution in [1.82, 2.24) is 5.32 Å². The second kappa shape index (κ2) is 10.5. The van der Waals surface area contributed by atoms with Gasteiger partial charge in [0.1, 0.15) is 17.9 Å². The lowest BCUT2D eigenvalue weighted by Crippen LogP contribution is -2.54. The van der Waals surface area contributed by atoms with Crippen LogP contribution in [0.3, 0.4) is 0 Å². The molecule has 39 heavy (non-hydrogen) atoms. The minimum atomic E-state index is -0.872. The zero-order valence-corrected chi connectivity index (χ0v) is 20.4. The minimum Gasteiger partial charge on any atom is -0.489 e. The topological polar surface area (TPSA) is 137 Å². The fourth-order valence-corrected chi connectivity index (χ4v) is 4.10. The third kappa shape index (κ3) is 5.18. The highest BCUT2D eigenvalue weighted by Gasteiger charge is 2.37. The summed E-state index contributed by atoms with van der Waals surface area (Å²) in [6.07, 6.45) is 3.52. The zero-order chi connectivity index (χ0) is 27.5. The number of urea groups is 1. The third-order valence-corrected chi connectivity index (χ3v) is 6.02. The summed E-state index contributed by atoms with van der Waals surface area (Å²) in [4.78, 5) is 49.7. The lowest BCUT2D eigenvalue weighted by atomic mass is 10.0. The van der Waals surface area contributed by atoms with Gasteiger partial charge in [-0.3, -0.25) is 25.0 Å². The van der Waals surface area contributed by atoms with Crippen LogP contribution in [0.5, 0.6) is 17.2 Å². The normalized spacial score (nSPS) is 15.3. The Kier molecular flexibility index (Phi) is 6.79. The minimum absolute atomic E-state index is 0.0106. The van der Waals surface area contributed by atoms with Crippen LogP contribution >= 0.6 is 0 Å². The molecule has 0 bridgehead atoms. The highest BCUT2D eigenvalue weighted by molar-refractivity contribution is 6.39. The summed E-state index contributed by atoms with van der Waals surface area (Å²) in [7, 11) is 0. The molecule has 4 amide bonds. The molecule has 11 heteroatoms. The van der Waals surface area contributed by atoms with E-state index in [4.69, 9.17) is 14.2 Å². The lowest BCUT2D eigenvalue weighted by molar-refractivity contribution is -0.384. The smallest absolute Gasteiger partial charge is 0.335 e. The molecule has 1 fully saturated rings. The summed E-state index contributed by atoms with van der Waals surface area (Å²) in [6, 6.07) is 14.9. The van der Waals surface area contributed by atoms with E-state index in [0.29, 0.717) is 29.2 Å². The van der Waals surface area contributed by atoms with E-state index in [1.54, 1.807) is 42.5 Å². The van der Waals surface area contributed by atoms with E-state index in [1.807, 2.05) is 0 Å². The Hall–Kier alpha value is -5.45. The van der Waals surface area contributed by atoms with Crippen molar-refractivity contribution < 1.29 is 33.5 Å². The fraction of sp³-hybridized carbons (Fsp3) is 0.107. The quantitative estimate of drug-likeness (QED) is 0.151. The van der Waals surface area contributed by atoms with Gasteiger partial charge in [0.05, 0.1) is 10.6 Å². The SMILES string of the molecule is C=CCc1cc(/C=C2\C(=O)NC(=O)N(c3ccc4c(c3)OCO4)C2=O)ccc1OCc1ccc([N+](=O)[O-])cc1. The van der Waals surface area contributed by atoms with Gasteiger partial charge in [0.2, 0.25) is 6.79 Å². The number of rotatable bonds is 8. The number of ether oxygens (including phenoxy) is 3. The standard InChI is InChI=1S/C28H21N3O8/c1-2-3-19-12-18(6-10-23(19)37-15-17-4-7-20(8-5-17)31(35)36)13-22-26(32)29-28(34)30(27(22)33)21-9-11-24-25(14-21)39-16-38-24/h2,4-14H,1,3,15-16H2,(H,29,32,34)/b22-13+. The van der Waals surface area contributed by atoms with Crippen molar-refractivity contribution in [3.05, 3.63) is 106 Å². The Labute approximate surface area is 222 Å². The number of amides is 4. The maximum Gasteiger partial charge on any atom is 0.335 e. The first kappa shape index (κ1) is 25.2. The number of fused-ring (bicyclic) bond motifs is 1. The number of nitro groups is 1. The van der Waals surface area contributed by atoms with Gasteiger partial charge in [-0.25, -0.2) is 9.69 Å². The van der Waals surface area contributed by atoms with Crippen LogP contribution in [0, 0.1) is 10.1 Å². The largest absolute Gasteiger partial charge is 0.489 e. The van der Waals surface area contributed by atoms with Crippen LogP contribution in [0.25, 0.3) is 6.08 Å². The molecule has 3 aromatic rings. The first-order valence-electron chi connectivity index (χ1n) is 11.7. The summed E-state index contributed by atoms with van der Waals surface area (Å²) >= 11 is 0. The van der Waals surface area contributed by atoms with E-state index in [9.17, 15) is 24.5 Å². The summed E-state index contributed by atoms with van der Waals surface area (Å²) in [5.74, 6) is -0.181. The van der Waals surface area contributed by atoms with Gasteiger partial charge in [0.15, 0.2) is 11.5 Å². The number of allylic oxidation sites excluding steroid dienone is 1. The number of nitrogens with one attached hydrogen (secondary N) is 1. The van der Waals surface area contributed by atoms with Crippen LogP contribution in [-0.2, 0) is 22.6 Å². The van der Waals surface area contributed by atoms with E-state index in [2.05, 4.69) is 11.9 Å². The van der Waals surface area contributed by atoms with Crippen LogP contribution in [0.1, 0.15) is 16.7 Å². The molecular weight excluding hydrogens is 506 g/mol. The Morgan fingerprint density at radius 3 is 2.54 bits per heavy atom. The van der Waals surface area contributed by atoms with Crippen molar-refractivity contribution in [2.45, 2.75) is 13.0 Å². The number of carbonyl (C=O) groups is 3. The Bertz CT molecular complexity index is 1540. The number of anilines is 1. The summed E-state index contributed by atoms with van der Waals surface area (Å²) in [5.41, 5.74) is 2.01. The monoisotopic (exact) mass is 527 g/mol. The molecule has 2 aliphatic rings. The molecule has 0 aliphatic carbocycles. The van der Waals surface area contributed by atoms with Crippen molar-refractivity contribution in [1.29, 1.82) is 0 Å². The number of imide groups is 2. The number of hydrogen-bond donors (Lipinski definition) is 1. The van der Waals surface area contributed by atoms with Crippen molar-refractivity contribution in [2.75, 3.05) is 11.7 Å². The Balaban J connectivity index is 1.39. The van der Waals surface area contributed by atoms with Gasteiger partial charge in [0.25, 0.3) is 17.5 Å². The van der Waals surface area contributed by atoms with E-state index in [0.717, 1.165) is 16.0 Å². The van der Waals surface area contributed by atoms with Crippen molar-refractivity contribution in [3.8, 4) is 17.2 Å². The second-order valence-corrected chi connectivity index (χ2v) is 8.57. The molecule has 0 aromatic heterocycles. The molecule has 2 heterocycles. The fourth-order valence-electron chi connectivity index (χ4n) is 4.10. The summed E-state index contributed by atoms with van der Waals surface area (Å²) in [6.45, 7) is 3.98. The predicted octanol–water partition coefficient (Wildman–Crippen LogP) is 4.30. The number of benzene rings is 3. The van der Waals surface area contributed by atoms with E-state index < -0.39 is 22.8 Å². The molecule has 11 nitrogen and oxygen atoms in total. The number of barbiturate groups is 1. The molecule has 3 aromatic carbocycles. The molecule has 1 N–H and O–H groups in total. The van der Waals surface area contributed by atoms with E-state index in [-0.39, 0.29) is 30.3 Å². The molecule has 0 saturated carbocycles. The van der Waals surface area contributed by atoms with Gasteiger partial charge >= 0.3 is 6.03 Å². The van der Waals surface area contributed by atoms with Crippen LogP contribution in [-0.4, -0.2) is 29.6 Å². The number of non-ortho nitro benzene ring substituents is 1. The number of carbonyl (C=O) groups excluding carboxylic acids is 3. The van der Waals surface area contributed by atoms with Gasteiger partial charge in [-0.1, -0.05) is 12.1 Å². The molecule has 0 unspecified atom stereocenters. The summed E-state index contributed by atoms with van der Waals surface area (Å²) in [5, 5.41) is 13.1. The van der Waals surface area contributed by atoms with Gasteiger partial charge in [-0.15, -0.1) is 6.58 Å². The van der Waals surface area contributed by atoms with Crippen LogP contribution in [0.2, 0.25) is 0 Å². The van der Waals surface area contributed by atoms with Gasteiger partial charge in [-0.05, 0) is 65.6 Å². The zero-order valence-electron chi connectivity index (χ0n) is 20.4. The molecule has 196 valence electrons. The number of nitro benzene ring substituents is 1. The molecular formula is C28H21N3O8. The van der Waals surface area contributed by atoms with Gasteiger partial charge < -0.3 is 14.2 Å². The van der Waals surface area contributed by atoms with Gasteiger partial charge in [0, 0.05) is 18.2 Å². The molecule has 0 radical (unpaired) electrons. The molecule has 1 saturated heterocycles. The molecule has 5 rings (SSSR count). The first-order chi connectivity index (χ1) is 18.8. The second-order valence-electron chi connectivity index (χ2n) is 8.57. The van der Waals surface area contributed by atoms with Crippen LogP contribution in [0.4, 0.5) is 16.2 Å². The maximum atomic E-state index is 13.3. The molecule has 0 spiro atoms. The number of nitrogens with zero attached hydrogens (tertiary/aromatic N) is 2. The average molecular weight is 527 g/mol. The highest BCUT2D eigenvalue weighted by Crippen LogP contribution is 2.36. The maximum absolute atomic E-state index is 13.3. The summed E-state index contributed by atoms with van der Waals surface area (Å²) < 4.78 is 16.5. The third-order valence-electron chi connectivity index (χ3n) is 6.02. The molecule has 0 atom stereocenters. The van der Waals surface area contributed by atoms with Gasteiger partial charge in [-0.2, -0.15) is 0 Å². The van der Waals surface area contributed by atoms with Crippen LogP contribution in [0.15, 0.2) is 78.9 Å². The van der Waals surface area contributed by atoms with Crippen LogP contribution < -0.4 is 24.4 Å². The van der Waals surface area contributed by atoms with Crippen molar-refractivity contribution in [2.24, 2.45) is 0 Å². The van der Waals surface area contributed by atoms with E-state index >= 15 is 0 Å². The molecule has 2 aliphatic heterocycles. The lowest BCUT2D eigenvalue weighted by Gasteiger charge is -2.26. The van der Waals surface area contributed by atoms with E-state index in [1.165, 1.54) is 30.3 Å². The Morgan fingerprint density at radius 2 is 1.79 bits per heavy atom. The predicted molar refractivity (Wildman–Crippen MR) is 139 cm³/mol. The first-order valence-corrected chi connectivity index (χ1v) is 11.7. The average Bonchev–Trinajstić information content (AvgIpc) is 3.39. The Morgan fingerprint density at radius 1 is 1.03 bits per heavy atom. The number of hydrogen-bond acceptors (Lipinski definition) is 8.